The molecule has 1 aliphatic heterocycles. The second-order valence-electron chi connectivity index (χ2n) is 5.69. The summed E-state index contributed by atoms with van der Waals surface area (Å²) in [6.07, 6.45) is 8.75. The zero-order valence-electron chi connectivity index (χ0n) is 13.0. The number of amides is 2. The van der Waals surface area contributed by atoms with Crippen molar-refractivity contribution < 1.29 is 14.7 Å². The standard InChI is InChI=1S/C15H28N2O3S/c1-21-10-5-3-2-4-8-16-15(20)17-9-6-7-13(12-17)11-14(18)19/h13H,2-12H2,1H3,(H,16,20)(H,18,19). The van der Waals surface area contributed by atoms with Gasteiger partial charge < -0.3 is 15.3 Å². The molecule has 0 radical (unpaired) electrons. The number of thioether (sulfide) groups is 1. The van der Waals surface area contributed by atoms with E-state index >= 15 is 0 Å². The average molecular weight is 316 g/mol. The summed E-state index contributed by atoms with van der Waals surface area (Å²) in [5.74, 6) is 0.548. The molecule has 1 heterocycles. The molecule has 0 spiro atoms. The number of carbonyl (C=O) groups excluding carboxylic acids is 1. The molecule has 0 aromatic heterocycles. The Kier molecular flexibility index (Phi) is 9.30. The van der Waals surface area contributed by atoms with Gasteiger partial charge in [-0.15, -0.1) is 0 Å². The molecule has 1 fully saturated rings. The Balaban J connectivity index is 2.12. The van der Waals surface area contributed by atoms with Crippen molar-refractivity contribution >= 4 is 23.8 Å². The molecule has 0 aliphatic carbocycles. The summed E-state index contributed by atoms with van der Waals surface area (Å²) < 4.78 is 0. The fourth-order valence-electron chi connectivity index (χ4n) is 2.70. The SMILES string of the molecule is CSCCCCCCNC(=O)N1CCCC(CC(=O)O)C1. The molecule has 1 unspecified atom stereocenters. The van der Waals surface area contributed by atoms with Crippen molar-refractivity contribution in [1.29, 1.82) is 0 Å². The van der Waals surface area contributed by atoms with Crippen LogP contribution in [-0.4, -0.2) is 53.6 Å². The fourth-order valence-corrected chi connectivity index (χ4v) is 3.19. The average Bonchev–Trinajstić information content (AvgIpc) is 2.45. The summed E-state index contributed by atoms with van der Waals surface area (Å²) in [6, 6.07) is -0.0331. The van der Waals surface area contributed by atoms with E-state index in [0.29, 0.717) is 6.54 Å². The molecule has 122 valence electrons. The fraction of sp³-hybridized carbons (Fsp3) is 0.867. The molecular formula is C15H28N2O3S. The highest BCUT2D eigenvalue weighted by atomic mass is 32.2. The first kappa shape index (κ1) is 18.1. The molecule has 0 aromatic rings. The molecule has 1 saturated heterocycles. The lowest BCUT2D eigenvalue weighted by Crippen LogP contribution is -2.46. The van der Waals surface area contributed by atoms with Crippen LogP contribution in [0.1, 0.15) is 44.9 Å². The van der Waals surface area contributed by atoms with Crippen molar-refractivity contribution in [2.75, 3.05) is 31.6 Å². The lowest BCUT2D eigenvalue weighted by molar-refractivity contribution is -0.138. The van der Waals surface area contributed by atoms with Crippen LogP contribution in [0.25, 0.3) is 0 Å². The number of hydrogen-bond acceptors (Lipinski definition) is 3. The minimum absolute atomic E-state index is 0.0331. The van der Waals surface area contributed by atoms with Gasteiger partial charge in [-0.3, -0.25) is 4.79 Å². The van der Waals surface area contributed by atoms with Gasteiger partial charge in [-0.25, -0.2) is 4.79 Å². The molecule has 1 rings (SSSR count). The maximum absolute atomic E-state index is 12.0. The molecule has 0 aromatic carbocycles. The van der Waals surface area contributed by atoms with Crippen LogP contribution in [0.4, 0.5) is 4.79 Å². The largest absolute Gasteiger partial charge is 0.481 e. The first-order valence-electron chi connectivity index (χ1n) is 7.87. The quantitative estimate of drug-likeness (QED) is 0.642. The number of nitrogens with one attached hydrogen (secondary N) is 1. The number of piperidine rings is 1. The first-order valence-corrected chi connectivity index (χ1v) is 9.26. The maximum Gasteiger partial charge on any atom is 0.317 e. The summed E-state index contributed by atoms with van der Waals surface area (Å²) in [5.41, 5.74) is 0. The van der Waals surface area contributed by atoms with Gasteiger partial charge in [0.25, 0.3) is 0 Å². The van der Waals surface area contributed by atoms with E-state index in [9.17, 15) is 9.59 Å². The molecule has 6 heteroatoms. The summed E-state index contributed by atoms with van der Waals surface area (Å²) in [6.45, 7) is 2.04. The highest BCUT2D eigenvalue weighted by Gasteiger charge is 2.24. The number of unbranched alkanes of at least 4 members (excludes halogenated alkanes) is 3. The highest BCUT2D eigenvalue weighted by molar-refractivity contribution is 7.98. The van der Waals surface area contributed by atoms with Crippen LogP contribution in [0.5, 0.6) is 0 Å². The smallest absolute Gasteiger partial charge is 0.317 e. The van der Waals surface area contributed by atoms with Gasteiger partial charge >= 0.3 is 12.0 Å². The van der Waals surface area contributed by atoms with E-state index < -0.39 is 5.97 Å². The van der Waals surface area contributed by atoms with E-state index in [2.05, 4.69) is 11.6 Å². The molecular weight excluding hydrogens is 288 g/mol. The lowest BCUT2D eigenvalue weighted by atomic mass is 9.95. The number of carbonyl (C=O) groups is 2. The van der Waals surface area contributed by atoms with E-state index in [1.54, 1.807) is 4.90 Å². The second-order valence-corrected chi connectivity index (χ2v) is 6.68. The van der Waals surface area contributed by atoms with Gasteiger partial charge in [-0.1, -0.05) is 12.8 Å². The third-order valence-electron chi connectivity index (χ3n) is 3.82. The lowest BCUT2D eigenvalue weighted by Gasteiger charge is -2.32. The van der Waals surface area contributed by atoms with Crippen molar-refractivity contribution in [2.24, 2.45) is 5.92 Å². The van der Waals surface area contributed by atoms with Crippen LogP contribution in [0.3, 0.4) is 0 Å². The minimum Gasteiger partial charge on any atom is -0.481 e. The molecule has 2 N–H and O–H groups in total. The summed E-state index contributed by atoms with van der Waals surface area (Å²) in [5, 5.41) is 11.8. The van der Waals surface area contributed by atoms with Crippen LogP contribution >= 0.6 is 11.8 Å². The number of nitrogens with zero attached hydrogens (tertiary/aromatic N) is 1. The zero-order chi connectivity index (χ0) is 15.5. The first-order chi connectivity index (χ1) is 10.1. The molecule has 21 heavy (non-hydrogen) atoms. The number of urea groups is 1. The third-order valence-corrected chi connectivity index (χ3v) is 4.52. The van der Waals surface area contributed by atoms with Crippen molar-refractivity contribution in [3.05, 3.63) is 0 Å². The van der Waals surface area contributed by atoms with Crippen LogP contribution in [0.15, 0.2) is 0 Å². The van der Waals surface area contributed by atoms with Gasteiger partial charge in [0, 0.05) is 26.1 Å². The van der Waals surface area contributed by atoms with E-state index in [-0.39, 0.29) is 18.4 Å². The molecule has 1 aliphatic rings. The van der Waals surface area contributed by atoms with Crippen molar-refractivity contribution in [1.82, 2.24) is 10.2 Å². The Labute approximate surface area is 131 Å². The summed E-state index contributed by atoms with van der Waals surface area (Å²) >= 11 is 1.88. The number of hydrogen-bond donors (Lipinski definition) is 2. The number of carboxylic acid groups (broad SMARTS) is 1. The Hall–Kier alpha value is -0.910. The topological polar surface area (TPSA) is 69.6 Å². The minimum atomic E-state index is -0.771. The Morgan fingerprint density at radius 2 is 2.05 bits per heavy atom. The van der Waals surface area contributed by atoms with Crippen molar-refractivity contribution in [2.45, 2.75) is 44.9 Å². The van der Waals surface area contributed by atoms with E-state index in [4.69, 9.17) is 5.11 Å². The molecule has 0 saturated carbocycles. The number of aliphatic carboxylic acids is 1. The molecule has 5 nitrogen and oxygen atoms in total. The predicted molar refractivity (Wildman–Crippen MR) is 86.8 cm³/mol. The summed E-state index contributed by atoms with van der Waals surface area (Å²) in [4.78, 5) is 24.5. The third kappa shape index (κ3) is 8.19. The molecule has 0 bridgehead atoms. The van der Waals surface area contributed by atoms with Crippen molar-refractivity contribution in [3.8, 4) is 0 Å². The van der Waals surface area contributed by atoms with Gasteiger partial charge in [0.1, 0.15) is 0 Å². The van der Waals surface area contributed by atoms with Gasteiger partial charge in [-0.2, -0.15) is 11.8 Å². The number of carboxylic acids is 1. The number of likely N-dealkylation sites (tertiary alicyclic amines) is 1. The van der Waals surface area contributed by atoms with Crippen molar-refractivity contribution in [3.63, 3.8) is 0 Å². The Morgan fingerprint density at radius 3 is 2.76 bits per heavy atom. The summed E-state index contributed by atoms with van der Waals surface area (Å²) in [7, 11) is 0. The van der Waals surface area contributed by atoms with Crippen LogP contribution in [-0.2, 0) is 4.79 Å². The monoisotopic (exact) mass is 316 g/mol. The zero-order valence-corrected chi connectivity index (χ0v) is 13.8. The number of rotatable bonds is 9. The Bertz CT molecular complexity index is 326. The van der Waals surface area contributed by atoms with Gasteiger partial charge in [0.05, 0.1) is 0 Å². The van der Waals surface area contributed by atoms with Gasteiger partial charge in [0.15, 0.2) is 0 Å². The van der Waals surface area contributed by atoms with E-state index in [0.717, 1.165) is 38.8 Å². The van der Waals surface area contributed by atoms with E-state index in [1.165, 1.54) is 18.6 Å². The highest BCUT2D eigenvalue weighted by Crippen LogP contribution is 2.19. The predicted octanol–water partition coefficient (Wildman–Crippen LogP) is 2.81. The van der Waals surface area contributed by atoms with Gasteiger partial charge in [-0.05, 0) is 43.6 Å². The van der Waals surface area contributed by atoms with Crippen LogP contribution < -0.4 is 5.32 Å². The second kappa shape index (κ2) is 10.8. The van der Waals surface area contributed by atoms with Crippen LogP contribution in [0, 0.1) is 5.92 Å². The Morgan fingerprint density at radius 1 is 1.29 bits per heavy atom. The molecule has 2 amide bonds. The van der Waals surface area contributed by atoms with E-state index in [1.807, 2.05) is 11.8 Å². The normalized spacial score (nSPS) is 18.5. The van der Waals surface area contributed by atoms with Crippen LogP contribution in [0.2, 0.25) is 0 Å². The molecule has 1 atom stereocenters. The van der Waals surface area contributed by atoms with Gasteiger partial charge in [0.2, 0.25) is 0 Å². The maximum atomic E-state index is 12.0.